The maximum absolute atomic E-state index is 12.9. The van der Waals surface area contributed by atoms with Gasteiger partial charge in [0, 0.05) is 30.5 Å². The molecule has 21 heavy (non-hydrogen) atoms. The highest BCUT2D eigenvalue weighted by Gasteiger charge is 2.45. The summed E-state index contributed by atoms with van der Waals surface area (Å²) in [6, 6.07) is 1.02. The second kappa shape index (κ2) is 5.95. The summed E-state index contributed by atoms with van der Waals surface area (Å²) < 4.78 is 0. The molecule has 118 valence electrons. The summed E-state index contributed by atoms with van der Waals surface area (Å²) in [4.78, 5) is 25.9. The first kappa shape index (κ1) is 14.8. The minimum atomic E-state index is -0.702. The van der Waals surface area contributed by atoms with Crippen LogP contribution in [0, 0.1) is 11.8 Å². The summed E-state index contributed by atoms with van der Waals surface area (Å²) in [7, 11) is 0. The van der Waals surface area contributed by atoms with Gasteiger partial charge in [-0.05, 0) is 57.9 Å². The van der Waals surface area contributed by atoms with Gasteiger partial charge in [0.2, 0.25) is 5.91 Å². The van der Waals surface area contributed by atoms with Gasteiger partial charge in [-0.1, -0.05) is 0 Å². The van der Waals surface area contributed by atoms with Crippen LogP contribution in [0.5, 0.6) is 0 Å². The second-order valence-corrected chi connectivity index (χ2v) is 7.14. The lowest BCUT2D eigenvalue weighted by atomic mass is 9.85. The van der Waals surface area contributed by atoms with Gasteiger partial charge in [-0.3, -0.25) is 9.59 Å². The van der Waals surface area contributed by atoms with Gasteiger partial charge in [0.15, 0.2) is 0 Å². The lowest BCUT2D eigenvalue weighted by Gasteiger charge is -2.41. The van der Waals surface area contributed by atoms with Crippen LogP contribution in [0.25, 0.3) is 0 Å². The van der Waals surface area contributed by atoms with E-state index >= 15 is 0 Å². The number of carbonyl (C=O) groups is 2. The van der Waals surface area contributed by atoms with E-state index in [4.69, 9.17) is 5.11 Å². The molecule has 0 saturated carbocycles. The van der Waals surface area contributed by atoms with Gasteiger partial charge >= 0.3 is 5.97 Å². The molecule has 4 atom stereocenters. The molecular weight excluding hydrogens is 268 g/mol. The third kappa shape index (κ3) is 3.07. The summed E-state index contributed by atoms with van der Waals surface area (Å²) >= 11 is 0. The number of rotatable bonds is 3. The lowest BCUT2D eigenvalue weighted by Crippen LogP contribution is -2.51. The van der Waals surface area contributed by atoms with Crippen molar-refractivity contribution in [1.29, 1.82) is 0 Å². The standard InChI is InChI=1S/C16H26N2O3/c1-10-6-12(4-5-17-10)16(21)18-13-2-3-14(18)8-11(7-13)9-15(19)20/h10-14,17H,2-9H2,1H3,(H,19,20). The molecule has 0 aliphatic carbocycles. The van der Waals surface area contributed by atoms with Crippen molar-refractivity contribution in [2.45, 2.75) is 70.0 Å². The number of amides is 1. The van der Waals surface area contributed by atoms with Crippen molar-refractivity contribution >= 4 is 11.9 Å². The zero-order valence-corrected chi connectivity index (χ0v) is 12.8. The third-order valence-corrected chi connectivity index (χ3v) is 5.52. The largest absolute Gasteiger partial charge is 0.481 e. The quantitative estimate of drug-likeness (QED) is 0.830. The van der Waals surface area contributed by atoms with E-state index in [0.29, 0.717) is 24.0 Å². The number of piperidine rings is 2. The Hall–Kier alpha value is -1.10. The van der Waals surface area contributed by atoms with Gasteiger partial charge in [0.25, 0.3) is 0 Å². The Morgan fingerprint density at radius 3 is 2.38 bits per heavy atom. The SMILES string of the molecule is CC1CC(C(=O)N2C3CCC2CC(CC(=O)O)C3)CCN1. The zero-order valence-electron chi connectivity index (χ0n) is 12.8. The summed E-state index contributed by atoms with van der Waals surface area (Å²) in [6.45, 7) is 3.08. The molecule has 3 aliphatic heterocycles. The van der Waals surface area contributed by atoms with E-state index in [1.54, 1.807) is 0 Å². The Bertz CT molecular complexity index is 412. The lowest BCUT2D eigenvalue weighted by molar-refractivity contribution is -0.143. The molecular formula is C16H26N2O3. The molecule has 0 spiro atoms. The topological polar surface area (TPSA) is 69.6 Å². The molecule has 2 N–H and O–H groups in total. The molecule has 0 aromatic rings. The molecule has 5 nitrogen and oxygen atoms in total. The average molecular weight is 294 g/mol. The van der Waals surface area contributed by atoms with Crippen molar-refractivity contribution in [3.8, 4) is 0 Å². The highest BCUT2D eigenvalue weighted by atomic mass is 16.4. The van der Waals surface area contributed by atoms with Gasteiger partial charge in [-0.15, -0.1) is 0 Å². The monoisotopic (exact) mass is 294 g/mol. The fraction of sp³-hybridized carbons (Fsp3) is 0.875. The molecule has 0 aromatic heterocycles. The minimum Gasteiger partial charge on any atom is -0.481 e. The van der Waals surface area contributed by atoms with E-state index in [-0.39, 0.29) is 18.3 Å². The van der Waals surface area contributed by atoms with Crippen molar-refractivity contribution in [2.24, 2.45) is 11.8 Å². The van der Waals surface area contributed by atoms with E-state index in [9.17, 15) is 9.59 Å². The molecule has 0 aromatic carbocycles. The molecule has 4 unspecified atom stereocenters. The first-order valence-electron chi connectivity index (χ1n) is 8.32. The Morgan fingerprint density at radius 1 is 1.14 bits per heavy atom. The minimum absolute atomic E-state index is 0.167. The van der Waals surface area contributed by atoms with E-state index in [1.807, 2.05) is 0 Å². The van der Waals surface area contributed by atoms with E-state index < -0.39 is 5.97 Å². The molecule has 3 heterocycles. The smallest absolute Gasteiger partial charge is 0.303 e. The van der Waals surface area contributed by atoms with E-state index in [2.05, 4.69) is 17.1 Å². The Balaban J connectivity index is 1.64. The molecule has 3 saturated heterocycles. The van der Waals surface area contributed by atoms with Gasteiger partial charge in [-0.25, -0.2) is 0 Å². The predicted octanol–water partition coefficient (Wildman–Crippen LogP) is 1.62. The first-order valence-corrected chi connectivity index (χ1v) is 8.32. The third-order valence-electron chi connectivity index (χ3n) is 5.52. The van der Waals surface area contributed by atoms with Crippen molar-refractivity contribution in [2.75, 3.05) is 6.54 Å². The molecule has 0 radical (unpaired) electrons. The fourth-order valence-corrected chi connectivity index (χ4v) is 4.63. The number of aliphatic carboxylic acids is 1. The summed E-state index contributed by atoms with van der Waals surface area (Å²) in [5.41, 5.74) is 0. The van der Waals surface area contributed by atoms with Crippen LogP contribution >= 0.6 is 0 Å². The molecule has 3 fully saturated rings. The number of carbonyl (C=O) groups excluding carboxylic acids is 1. The van der Waals surface area contributed by atoms with Crippen molar-refractivity contribution in [1.82, 2.24) is 10.2 Å². The molecule has 2 bridgehead atoms. The molecule has 3 aliphatic rings. The van der Waals surface area contributed by atoms with Gasteiger partial charge in [-0.2, -0.15) is 0 Å². The normalized spacial score (nSPS) is 39.3. The second-order valence-electron chi connectivity index (χ2n) is 7.14. The van der Waals surface area contributed by atoms with Crippen molar-refractivity contribution in [3.05, 3.63) is 0 Å². The van der Waals surface area contributed by atoms with Crippen LogP contribution in [0.1, 0.15) is 51.9 Å². The van der Waals surface area contributed by atoms with Crippen LogP contribution in [0.15, 0.2) is 0 Å². The summed E-state index contributed by atoms with van der Waals surface area (Å²) in [5.74, 6) is 0.0624. The molecule has 3 rings (SSSR count). The van der Waals surface area contributed by atoms with E-state index in [1.165, 1.54) is 0 Å². The van der Waals surface area contributed by atoms with Crippen LogP contribution < -0.4 is 5.32 Å². The highest BCUT2D eigenvalue weighted by Crippen LogP contribution is 2.41. The van der Waals surface area contributed by atoms with Crippen LogP contribution in [-0.2, 0) is 9.59 Å². The number of nitrogens with zero attached hydrogens (tertiary/aromatic N) is 1. The van der Waals surface area contributed by atoms with Gasteiger partial charge < -0.3 is 15.3 Å². The van der Waals surface area contributed by atoms with Crippen LogP contribution in [0.4, 0.5) is 0 Å². The average Bonchev–Trinajstić information content (AvgIpc) is 2.69. The van der Waals surface area contributed by atoms with Gasteiger partial charge in [0.05, 0.1) is 0 Å². The van der Waals surface area contributed by atoms with E-state index in [0.717, 1.165) is 45.1 Å². The Labute approximate surface area is 126 Å². The number of hydrogen-bond donors (Lipinski definition) is 2. The molecule has 5 heteroatoms. The van der Waals surface area contributed by atoms with Gasteiger partial charge in [0.1, 0.15) is 0 Å². The van der Waals surface area contributed by atoms with Crippen molar-refractivity contribution < 1.29 is 14.7 Å². The number of nitrogens with one attached hydrogen (secondary N) is 1. The number of carboxylic acid groups (broad SMARTS) is 1. The summed E-state index contributed by atoms with van der Waals surface area (Å²) in [6.07, 6.45) is 6.04. The maximum Gasteiger partial charge on any atom is 0.303 e. The van der Waals surface area contributed by atoms with Crippen LogP contribution in [0.3, 0.4) is 0 Å². The number of carboxylic acids is 1. The Kier molecular flexibility index (Phi) is 4.20. The predicted molar refractivity (Wildman–Crippen MR) is 78.8 cm³/mol. The first-order chi connectivity index (χ1) is 10.0. The molecule has 1 amide bonds. The van der Waals surface area contributed by atoms with Crippen molar-refractivity contribution in [3.63, 3.8) is 0 Å². The van der Waals surface area contributed by atoms with Crippen LogP contribution in [-0.4, -0.2) is 46.6 Å². The highest BCUT2D eigenvalue weighted by molar-refractivity contribution is 5.80. The fourth-order valence-electron chi connectivity index (χ4n) is 4.63. The summed E-state index contributed by atoms with van der Waals surface area (Å²) in [5, 5.41) is 12.4. The zero-order chi connectivity index (χ0) is 15.0. The maximum atomic E-state index is 12.9. The van der Waals surface area contributed by atoms with Crippen LogP contribution in [0.2, 0.25) is 0 Å². The number of fused-ring (bicyclic) bond motifs is 2. The Morgan fingerprint density at radius 2 is 1.81 bits per heavy atom. The number of hydrogen-bond acceptors (Lipinski definition) is 3.